The third-order valence-corrected chi connectivity index (χ3v) is 4.53. The van der Waals surface area contributed by atoms with Crippen molar-refractivity contribution in [1.82, 2.24) is 9.88 Å². The molecule has 0 aliphatic carbocycles. The number of anilines is 2. The van der Waals surface area contributed by atoms with Crippen LogP contribution in [0.5, 0.6) is 0 Å². The van der Waals surface area contributed by atoms with Gasteiger partial charge in [-0.05, 0) is 39.1 Å². The lowest BCUT2D eigenvalue weighted by molar-refractivity contribution is 0.170. The summed E-state index contributed by atoms with van der Waals surface area (Å²) in [6.07, 6.45) is 1.69. The number of nitrogen functional groups attached to an aromatic ring is 1. The summed E-state index contributed by atoms with van der Waals surface area (Å²) in [5.41, 5.74) is 7.59. The zero-order valence-corrected chi connectivity index (χ0v) is 12.7. The van der Waals surface area contributed by atoms with E-state index in [9.17, 15) is 4.39 Å². The Kier molecular flexibility index (Phi) is 3.45. The molecule has 112 valence electrons. The lowest BCUT2D eigenvalue weighted by Gasteiger charge is -2.43. The molecular weight excluding hydrogens is 267 g/mol. The Bertz CT molecular complexity index is 661. The van der Waals surface area contributed by atoms with Gasteiger partial charge in [0.25, 0.3) is 0 Å². The van der Waals surface area contributed by atoms with Crippen molar-refractivity contribution in [2.24, 2.45) is 0 Å². The molecule has 1 aromatic carbocycles. The molecule has 2 heterocycles. The van der Waals surface area contributed by atoms with Gasteiger partial charge in [0.2, 0.25) is 0 Å². The van der Waals surface area contributed by atoms with E-state index >= 15 is 0 Å². The van der Waals surface area contributed by atoms with E-state index in [1.54, 1.807) is 6.20 Å². The minimum Gasteiger partial charge on any atom is -0.398 e. The van der Waals surface area contributed by atoms with E-state index in [4.69, 9.17) is 5.73 Å². The van der Waals surface area contributed by atoms with Gasteiger partial charge in [0.05, 0.1) is 11.2 Å². The van der Waals surface area contributed by atoms with E-state index in [0.717, 1.165) is 18.5 Å². The van der Waals surface area contributed by atoms with E-state index in [1.165, 1.54) is 6.07 Å². The molecule has 0 bridgehead atoms. The molecule has 0 amide bonds. The molecule has 3 rings (SSSR count). The molecule has 2 unspecified atom stereocenters. The normalized spacial score (nSPS) is 23.7. The Hall–Kier alpha value is -1.88. The van der Waals surface area contributed by atoms with Crippen LogP contribution in [-0.2, 0) is 0 Å². The number of hydrogen-bond acceptors (Lipinski definition) is 4. The Morgan fingerprint density at radius 2 is 1.95 bits per heavy atom. The zero-order chi connectivity index (χ0) is 15.1. The molecule has 1 aliphatic heterocycles. The molecule has 0 radical (unpaired) electrons. The van der Waals surface area contributed by atoms with E-state index in [1.807, 2.05) is 12.1 Å². The summed E-state index contributed by atoms with van der Waals surface area (Å²) in [5.74, 6) is -0.289. The van der Waals surface area contributed by atoms with Crippen LogP contribution >= 0.6 is 0 Å². The number of halogens is 1. The average molecular weight is 288 g/mol. The number of rotatable bonds is 1. The second-order valence-corrected chi connectivity index (χ2v) is 5.96. The van der Waals surface area contributed by atoms with Gasteiger partial charge in [0, 0.05) is 42.4 Å². The molecule has 0 spiro atoms. The lowest BCUT2D eigenvalue weighted by Crippen LogP contribution is -2.55. The first-order chi connectivity index (χ1) is 9.99. The molecule has 21 heavy (non-hydrogen) atoms. The number of nitrogens with zero attached hydrogens (tertiary/aromatic N) is 3. The van der Waals surface area contributed by atoms with Gasteiger partial charge in [-0.15, -0.1) is 0 Å². The van der Waals surface area contributed by atoms with Crippen molar-refractivity contribution >= 4 is 22.3 Å². The van der Waals surface area contributed by atoms with Crippen LogP contribution in [0, 0.1) is 5.82 Å². The lowest BCUT2D eigenvalue weighted by atomic mass is 10.1. The van der Waals surface area contributed by atoms with Crippen LogP contribution in [0.15, 0.2) is 24.4 Å². The Morgan fingerprint density at radius 1 is 1.29 bits per heavy atom. The molecule has 2 aromatic rings. The molecule has 0 saturated carbocycles. The van der Waals surface area contributed by atoms with Crippen molar-refractivity contribution in [1.29, 1.82) is 0 Å². The number of likely N-dealkylation sites (N-methyl/N-ethyl adjacent to an activating group) is 1. The van der Waals surface area contributed by atoms with Crippen LogP contribution in [0.1, 0.15) is 13.8 Å². The summed E-state index contributed by atoms with van der Waals surface area (Å²) in [6.45, 7) is 5.89. The number of benzene rings is 1. The van der Waals surface area contributed by atoms with Gasteiger partial charge in [-0.2, -0.15) is 0 Å². The van der Waals surface area contributed by atoms with Crippen LogP contribution < -0.4 is 10.6 Å². The highest BCUT2D eigenvalue weighted by atomic mass is 19.1. The minimum absolute atomic E-state index is 0.289. The van der Waals surface area contributed by atoms with Crippen molar-refractivity contribution in [2.75, 3.05) is 30.8 Å². The van der Waals surface area contributed by atoms with E-state index in [-0.39, 0.29) is 5.82 Å². The van der Waals surface area contributed by atoms with Gasteiger partial charge in [0.1, 0.15) is 0 Å². The summed E-state index contributed by atoms with van der Waals surface area (Å²) in [7, 11) is 2.11. The smallest absolute Gasteiger partial charge is 0.150 e. The average Bonchev–Trinajstić information content (AvgIpc) is 2.44. The number of fused-ring (bicyclic) bond motifs is 1. The second-order valence-electron chi connectivity index (χ2n) is 5.96. The Morgan fingerprint density at radius 3 is 2.62 bits per heavy atom. The fraction of sp³-hybridized carbons (Fsp3) is 0.438. The highest BCUT2D eigenvalue weighted by Crippen LogP contribution is 2.34. The molecule has 2 N–H and O–H groups in total. The topological polar surface area (TPSA) is 45.4 Å². The number of aromatic nitrogens is 1. The van der Waals surface area contributed by atoms with Crippen molar-refractivity contribution in [3.05, 3.63) is 30.2 Å². The van der Waals surface area contributed by atoms with Crippen LogP contribution in [0.4, 0.5) is 15.8 Å². The molecule has 4 nitrogen and oxygen atoms in total. The first-order valence-corrected chi connectivity index (χ1v) is 7.28. The van der Waals surface area contributed by atoms with Gasteiger partial charge >= 0.3 is 0 Å². The van der Waals surface area contributed by atoms with E-state index in [2.05, 4.69) is 35.7 Å². The van der Waals surface area contributed by atoms with E-state index in [0.29, 0.717) is 29.0 Å². The highest BCUT2D eigenvalue weighted by molar-refractivity contribution is 5.99. The minimum atomic E-state index is -0.289. The summed E-state index contributed by atoms with van der Waals surface area (Å²) in [5, 5.41) is 0.813. The van der Waals surface area contributed by atoms with Crippen molar-refractivity contribution in [3.8, 4) is 0 Å². The summed E-state index contributed by atoms with van der Waals surface area (Å²) in [4.78, 5) is 8.79. The summed E-state index contributed by atoms with van der Waals surface area (Å²) in [6, 6.07) is 5.86. The Labute approximate surface area is 124 Å². The van der Waals surface area contributed by atoms with Gasteiger partial charge in [-0.3, -0.25) is 9.88 Å². The maximum atomic E-state index is 14.5. The highest BCUT2D eigenvalue weighted by Gasteiger charge is 2.29. The van der Waals surface area contributed by atoms with Gasteiger partial charge in [-0.1, -0.05) is 0 Å². The summed E-state index contributed by atoms with van der Waals surface area (Å²) >= 11 is 0. The molecule has 2 atom stereocenters. The van der Waals surface area contributed by atoms with Gasteiger partial charge in [0.15, 0.2) is 5.82 Å². The fourth-order valence-corrected chi connectivity index (χ4v) is 3.11. The Balaban J connectivity index is 2.12. The molecule has 1 saturated heterocycles. The molecule has 1 fully saturated rings. The molecule has 1 aromatic heterocycles. The monoisotopic (exact) mass is 288 g/mol. The largest absolute Gasteiger partial charge is 0.398 e. The predicted octanol–water partition coefficient (Wildman–Crippen LogP) is 2.48. The van der Waals surface area contributed by atoms with Crippen molar-refractivity contribution in [3.63, 3.8) is 0 Å². The third kappa shape index (κ3) is 2.31. The number of piperazine rings is 1. The first kappa shape index (κ1) is 14.1. The maximum absolute atomic E-state index is 14.5. The number of hydrogen-bond donors (Lipinski definition) is 1. The van der Waals surface area contributed by atoms with Gasteiger partial charge < -0.3 is 10.6 Å². The number of nitrogens with two attached hydrogens (primary N) is 1. The SMILES string of the molecule is CC1CN(c2c(F)cc(N)c3cccnc23)CC(C)N1C. The molecule has 1 aliphatic rings. The van der Waals surface area contributed by atoms with Crippen LogP contribution in [0.3, 0.4) is 0 Å². The molecule has 5 heteroatoms. The van der Waals surface area contributed by atoms with Crippen LogP contribution in [0.25, 0.3) is 10.9 Å². The zero-order valence-electron chi connectivity index (χ0n) is 12.7. The maximum Gasteiger partial charge on any atom is 0.150 e. The number of pyridine rings is 1. The summed E-state index contributed by atoms with van der Waals surface area (Å²) < 4.78 is 14.5. The van der Waals surface area contributed by atoms with E-state index < -0.39 is 0 Å². The van der Waals surface area contributed by atoms with Crippen LogP contribution in [0.2, 0.25) is 0 Å². The third-order valence-electron chi connectivity index (χ3n) is 4.53. The van der Waals surface area contributed by atoms with Gasteiger partial charge in [-0.25, -0.2) is 4.39 Å². The standard InChI is InChI=1S/C16H21FN4/c1-10-8-21(9-11(2)20(10)3)16-13(17)7-14(18)12-5-4-6-19-15(12)16/h4-7,10-11H,8-9,18H2,1-3H3. The fourth-order valence-electron chi connectivity index (χ4n) is 3.11. The van der Waals surface area contributed by atoms with Crippen molar-refractivity contribution in [2.45, 2.75) is 25.9 Å². The molecular formula is C16H21FN4. The van der Waals surface area contributed by atoms with Crippen molar-refractivity contribution < 1.29 is 4.39 Å². The quantitative estimate of drug-likeness (QED) is 0.819. The van der Waals surface area contributed by atoms with Crippen LogP contribution in [-0.4, -0.2) is 42.1 Å². The predicted molar refractivity (Wildman–Crippen MR) is 85.0 cm³/mol. The first-order valence-electron chi connectivity index (χ1n) is 7.28. The second kappa shape index (κ2) is 5.15.